The molecule has 2 fully saturated rings. The number of aliphatic hydroxyl groups is 1. The fourth-order valence-corrected chi connectivity index (χ4v) is 3.26. The van der Waals surface area contributed by atoms with E-state index in [0.717, 1.165) is 31.2 Å². The molecule has 0 aromatic rings. The minimum absolute atomic E-state index is 0.409. The Kier molecular flexibility index (Phi) is 4.48. The zero-order valence-electron chi connectivity index (χ0n) is 11.5. The SMILES string of the molecule is CCC1CCC(O)(CNC(CC)C2CC2)CC1. The molecular weight excluding hydrogens is 210 g/mol. The lowest BCUT2D eigenvalue weighted by atomic mass is 9.77. The van der Waals surface area contributed by atoms with E-state index in [2.05, 4.69) is 19.2 Å². The van der Waals surface area contributed by atoms with Crippen LogP contribution in [0.25, 0.3) is 0 Å². The molecule has 2 aliphatic carbocycles. The first-order valence-corrected chi connectivity index (χ1v) is 7.62. The van der Waals surface area contributed by atoms with Crippen LogP contribution < -0.4 is 5.32 Å². The van der Waals surface area contributed by atoms with Crippen LogP contribution in [-0.4, -0.2) is 23.3 Å². The van der Waals surface area contributed by atoms with E-state index in [4.69, 9.17) is 0 Å². The summed E-state index contributed by atoms with van der Waals surface area (Å²) in [4.78, 5) is 0. The van der Waals surface area contributed by atoms with E-state index in [1.807, 2.05) is 0 Å². The zero-order valence-corrected chi connectivity index (χ0v) is 11.5. The van der Waals surface area contributed by atoms with Crippen molar-refractivity contribution < 1.29 is 5.11 Å². The summed E-state index contributed by atoms with van der Waals surface area (Å²) in [6.45, 7) is 5.35. The van der Waals surface area contributed by atoms with E-state index in [0.29, 0.717) is 6.04 Å². The average Bonchev–Trinajstić information content (AvgIpc) is 3.15. The van der Waals surface area contributed by atoms with Gasteiger partial charge in [0.2, 0.25) is 0 Å². The summed E-state index contributed by atoms with van der Waals surface area (Å²) in [5.74, 6) is 1.76. The highest BCUT2D eigenvalue weighted by Gasteiger charge is 2.35. The molecule has 2 aliphatic rings. The van der Waals surface area contributed by atoms with Gasteiger partial charge in [0.15, 0.2) is 0 Å². The van der Waals surface area contributed by atoms with Gasteiger partial charge >= 0.3 is 0 Å². The van der Waals surface area contributed by atoms with Crippen molar-refractivity contribution in [3.05, 3.63) is 0 Å². The fraction of sp³-hybridized carbons (Fsp3) is 1.00. The molecule has 100 valence electrons. The maximum Gasteiger partial charge on any atom is 0.0771 e. The second kappa shape index (κ2) is 5.71. The predicted octanol–water partition coefficient (Wildman–Crippen LogP) is 3.10. The van der Waals surface area contributed by atoms with Crippen LogP contribution >= 0.6 is 0 Å². The second-order valence-electron chi connectivity index (χ2n) is 6.31. The molecule has 0 aromatic heterocycles. The molecule has 0 aliphatic heterocycles. The zero-order chi connectivity index (χ0) is 12.3. The number of nitrogens with one attached hydrogen (secondary N) is 1. The maximum atomic E-state index is 10.6. The van der Waals surface area contributed by atoms with Gasteiger partial charge in [0.1, 0.15) is 0 Å². The van der Waals surface area contributed by atoms with Crippen LogP contribution in [0.3, 0.4) is 0 Å². The first-order chi connectivity index (χ1) is 8.17. The molecule has 1 unspecified atom stereocenters. The standard InChI is InChI=1S/C15H29NO/c1-3-12-7-9-15(17,10-8-12)11-16-14(4-2)13-5-6-13/h12-14,16-17H,3-11H2,1-2H3. The van der Waals surface area contributed by atoms with Gasteiger partial charge in [-0.05, 0) is 56.8 Å². The van der Waals surface area contributed by atoms with Crippen molar-refractivity contribution in [3.8, 4) is 0 Å². The summed E-state index contributed by atoms with van der Waals surface area (Å²) in [6.07, 6.45) is 9.70. The van der Waals surface area contributed by atoms with E-state index >= 15 is 0 Å². The van der Waals surface area contributed by atoms with Crippen molar-refractivity contribution in [1.82, 2.24) is 5.32 Å². The van der Waals surface area contributed by atoms with Gasteiger partial charge in [0.05, 0.1) is 5.60 Å². The van der Waals surface area contributed by atoms with Crippen LogP contribution in [0.1, 0.15) is 65.2 Å². The van der Waals surface area contributed by atoms with Gasteiger partial charge in [-0.2, -0.15) is 0 Å². The van der Waals surface area contributed by atoms with Gasteiger partial charge in [-0.25, -0.2) is 0 Å². The van der Waals surface area contributed by atoms with Crippen molar-refractivity contribution in [2.24, 2.45) is 11.8 Å². The van der Waals surface area contributed by atoms with E-state index in [-0.39, 0.29) is 0 Å². The lowest BCUT2D eigenvalue weighted by molar-refractivity contribution is -0.0112. The smallest absolute Gasteiger partial charge is 0.0771 e. The van der Waals surface area contributed by atoms with Crippen LogP contribution in [0.2, 0.25) is 0 Å². The van der Waals surface area contributed by atoms with Gasteiger partial charge in [0.25, 0.3) is 0 Å². The lowest BCUT2D eigenvalue weighted by Crippen LogP contribution is -2.47. The molecule has 2 heteroatoms. The Bertz CT molecular complexity index is 229. The highest BCUT2D eigenvalue weighted by molar-refractivity contribution is 4.91. The van der Waals surface area contributed by atoms with Crippen molar-refractivity contribution in [1.29, 1.82) is 0 Å². The molecule has 2 saturated carbocycles. The Balaban J connectivity index is 1.73. The molecule has 0 aromatic carbocycles. The molecule has 2 N–H and O–H groups in total. The Hall–Kier alpha value is -0.0800. The molecule has 17 heavy (non-hydrogen) atoms. The molecule has 0 heterocycles. The Morgan fingerprint density at radius 3 is 2.29 bits per heavy atom. The summed E-state index contributed by atoms with van der Waals surface area (Å²) in [7, 11) is 0. The third kappa shape index (κ3) is 3.69. The molecule has 0 amide bonds. The molecular formula is C15H29NO. The third-order valence-electron chi connectivity index (χ3n) is 4.94. The van der Waals surface area contributed by atoms with Crippen molar-refractivity contribution >= 4 is 0 Å². The Morgan fingerprint density at radius 2 is 1.82 bits per heavy atom. The van der Waals surface area contributed by atoms with Crippen LogP contribution in [0.15, 0.2) is 0 Å². The van der Waals surface area contributed by atoms with Crippen LogP contribution in [-0.2, 0) is 0 Å². The fourth-order valence-electron chi connectivity index (χ4n) is 3.26. The number of rotatable bonds is 6. The highest BCUT2D eigenvalue weighted by Crippen LogP contribution is 2.36. The number of hydrogen-bond acceptors (Lipinski definition) is 2. The summed E-state index contributed by atoms with van der Waals surface area (Å²) >= 11 is 0. The molecule has 0 saturated heterocycles. The van der Waals surface area contributed by atoms with E-state index in [1.54, 1.807) is 0 Å². The summed E-state index contributed by atoms with van der Waals surface area (Å²) < 4.78 is 0. The van der Waals surface area contributed by atoms with Crippen molar-refractivity contribution in [2.75, 3.05) is 6.54 Å². The summed E-state index contributed by atoms with van der Waals surface area (Å²) in [5.41, 5.74) is -0.409. The van der Waals surface area contributed by atoms with Crippen LogP contribution in [0, 0.1) is 11.8 Å². The summed E-state index contributed by atoms with van der Waals surface area (Å²) in [6, 6.07) is 0.655. The third-order valence-corrected chi connectivity index (χ3v) is 4.94. The van der Waals surface area contributed by atoms with E-state index in [1.165, 1.54) is 38.5 Å². The first-order valence-electron chi connectivity index (χ1n) is 7.62. The molecule has 1 atom stereocenters. The van der Waals surface area contributed by atoms with E-state index < -0.39 is 5.60 Å². The maximum absolute atomic E-state index is 10.6. The minimum atomic E-state index is -0.409. The van der Waals surface area contributed by atoms with Gasteiger partial charge in [-0.1, -0.05) is 20.3 Å². The molecule has 2 rings (SSSR count). The molecule has 2 nitrogen and oxygen atoms in total. The minimum Gasteiger partial charge on any atom is -0.389 e. The molecule has 0 spiro atoms. The Labute approximate surface area is 106 Å². The largest absolute Gasteiger partial charge is 0.389 e. The van der Waals surface area contributed by atoms with Crippen molar-refractivity contribution in [2.45, 2.75) is 76.9 Å². The first kappa shape index (κ1) is 13.4. The predicted molar refractivity (Wildman–Crippen MR) is 72.0 cm³/mol. The van der Waals surface area contributed by atoms with Gasteiger partial charge in [0, 0.05) is 12.6 Å². The monoisotopic (exact) mass is 239 g/mol. The number of hydrogen-bond donors (Lipinski definition) is 2. The Morgan fingerprint density at radius 1 is 1.18 bits per heavy atom. The van der Waals surface area contributed by atoms with Crippen LogP contribution in [0.4, 0.5) is 0 Å². The van der Waals surface area contributed by atoms with Gasteiger partial charge in [-0.15, -0.1) is 0 Å². The average molecular weight is 239 g/mol. The highest BCUT2D eigenvalue weighted by atomic mass is 16.3. The normalized spacial score (nSPS) is 35.8. The van der Waals surface area contributed by atoms with Crippen molar-refractivity contribution in [3.63, 3.8) is 0 Å². The van der Waals surface area contributed by atoms with Gasteiger partial charge < -0.3 is 10.4 Å². The van der Waals surface area contributed by atoms with Gasteiger partial charge in [-0.3, -0.25) is 0 Å². The summed E-state index contributed by atoms with van der Waals surface area (Å²) in [5, 5.41) is 14.2. The molecule has 0 bridgehead atoms. The second-order valence-corrected chi connectivity index (χ2v) is 6.31. The van der Waals surface area contributed by atoms with Crippen LogP contribution in [0.5, 0.6) is 0 Å². The topological polar surface area (TPSA) is 32.3 Å². The quantitative estimate of drug-likeness (QED) is 0.746. The lowest BCUT2D eigenvalue weighted by Gasteiger charge is -2.37. The van der Waals surface area contributed by atoms with E-state index in [9.17, 15) is 5.11 Å². The molecule has 0 radical (unpaired) electrons.